The largest absolute Gasteiger partial charge is 0.306 e. The van der Waals surface area contributed by atoms with Gasteiger partial charge in [-0.25, -0.2) is 4.39 Å². The highest BCUT2D eigenvalue weighted by Crippen LogP contribution is 2.26. The van der Waals surface area contributed by atoms with E-state index in [1.807, 2.05) is 19.9 Å². The number of nitrogens with one attached hydrogen (secondary N) is 1. The lowest BCUT2D eigenvalue weighted by Crippen LogP contribution is -2.21. The number of halogens is 1. The summed E-state index contributed by atoms with van der Waals surface area (Å²) in [5, 5.41) is 7.34. The summed E-state index contributed by atoms with van der Waals surface area (Å²) < 4.78 is 17.2. The molecule has 1 heterocycles. The number of aryl methyl sites for hydroxylation is 1. The summed E-state index contributed by atoms with van der Waals surface area (Å²) in [6, 6.07) is 6.60. The summed E-state index contributed by atoms with van der Waals surface area (Å²) in [5.41, 5.74) is 1.80. The molecule has 1 aromatic carbocycles. The molecule has 0 saturated heterocycles. The van der Waals surface area contributed by atoms with Crippen molar-refractivity contribution in [3.05, 3.63) is 46.2 Å². The fourth-order valence-corrected chi connectivity index (χ4v) is 2.50. The van der Waals surface area contributed by atoms with Gasteiger partial charge in [-0.1, -0.05) is 23.5 Å². The Bertz CT molecular complexity index is 498. The monoisotopic (exact) mass is 251 g/mol. The van der Waals surface area contributed by atoms with Crippen molar-refractivity contribution in [2.75, 3.05) is 6.54 Å². The van der Waals surface area contributed by atoms with E-state index in [1.165, 1.54) is 17.6 Å². The number of benzene rings is 1. The van der Waals surface area contributed by atoms with E-state index < -0.39 is 0 Å². The van der Waals surface area contributed by atoms with Crippen molar-refractivity contribution < 1.29 is 4.39 Å². The van der Waals surface area contributed by atoms with Crippen molar-refractivity contribution in [3.8, 4) is 0 Å². The van der Waals surface area contributed by atoms with E-state index in [9.17, 15) is 4.39 Å². The standard InChI is InChI=1S/C12H14FN3S/c1-3-14-11(12-8(2)15-16-17-12)9-5-4-6-10(13)7-9/h4-7,11,14H,3H2,1-2H3. The van der Waals surface area contributed by atoms with Crippen molar-refractivity contribution in [2.45, 2.75) is 19.9 Å². The van der Waals surface area contributed by atoms with Crippen LogP contribution in [0.2, 0.25) is 0 Å². The van der Waals surface area contributed by atoms with Gasteiger partial charge < -0.3 is 5.32 Å². The third kappa shape index (κ3) is 2.68. The number of rotatable bonds is 4. The lowest BCUT2D eigenvalue weighted by atomic mass is 10.0. The molecule has 0 bridgehead atoms. The second-order valence-corrected chi connectivity index (χ2v) is 4.55. The van der Waals surface area contributed by atoms with E-state index >= 15 is 0 Å². The van der Waals surface area contributed by atoms with Crippen LogP contribution in [0, 0.1) is 12.7 Å². The molecule has 17 heavy (non-hydrogen) atoms. The van der Waals surface area contributed by atoms with Crippen LogP contribution in [-0.2, 0) is 0 Å². The molecule has 1 unspecified atom stereocenters. The SMILES string of the molecule is CCNC(c1cccc(F)c1)c1snnc1C. The number of nitrogens with zero attached hydrogens (tertiary/aromatic N) is 2. The van der Waals surface area contributed by atoms with Crippen LogP contribution >= 0.6 is 11.5 Å². The van der Waals surface area contributed by atoms with Crippen LogP contribution < -0.4 is 5.32 Å². The molecule has 0 aliphatic rings. The first kappa shape index (κ1) is 12.1. The fraction of sp³-hybridized carbons (Fsp3) is 0.333. The Hall–Kier alpha value is -1.33. The maximum Gasteiger partial charge on any atom is 0.123 e. The van der Waals surface area contributed by atoms with Gasteiger partial charge in [0.15, 0.2) is 0 Å². The van der Waals surface area contributed by atoms with E-state index in [0.29, 0.717) is 0 Å². The van der Waals surface area contributed by atoms with Crippen molar-refractivity contribution in [1.29, 1.82) is 0 Å². The van der Waals surface area contributed by atoms with Gasteiger partial charge in [0.25, 0.3) is 0 Å². The van der Waals surface area contributed by atoms with Gasteiger partial charge in [0, 0.05) is 0 Å². The lowest BCUT2D eigenvalue weighted by Gasteiger charge is -2.16. The van der Waals surface area contributed by atoms with Gasteiger partial charge in [0.1, 0.15) is 5.82 Å². The maximum absolute atomic E-state index is 13.3. The Morgan fingerprint density at radius 3 is 2.88 bits per heavy atom. The molecule has 0 fully saturated rings. The summed E-state index contributed by atoms with van der Waals surface area (Å²) >= 11 is 1.35. The average Bonchev–Trinajstić information content (AvgIpc) is 2.72. The quantitative estimate of drug-likeness (QED) is 0.908. The molecule has 2 rings (SSSR count). The Balaban J connectivity index is 2.39. The highest BCUT2D eigenvalue weighted by atomic mass is 32.1. The van der Waals surface area contributed by atoms with Crippen LogP contribution in [0.4, 0.5) is 4.39 Å². The molecule has 0 radical (unpaired) electrons. The van der Waals surface area contributed by atoms with Gasteiger partial charge in [-0.15, -0.1) is 5.10 Å². The van der Waals surface area contributed by atoms with Gasteiger partial charge in [-0.05, 0) is 42.7 Å². The van der Waals surface area contributed by atoms with Gasteiger partial charge >= 0.3 is 0 Å². The molecule has 1 N–H and O–H groups in total. The Morgan fingerprint density at radius 1 is 1.47 bits per heavy atom. The minimum absolute atomic E-state index is 0.0318. The molecule has 2 aromatic rings. The van der Waals surface area contributed by atoms with Crippen LogP contribution in [0.15, 0.2) is 24.3 Å². The lowest BCUT2D eigenvalue weighted by molar-refractivity contribution is 0.605. The molecule has 90 valence electrons. The molecule has 3 nitrogen and oxygen atoms in total. The van der Waals surface area contributed by atoms with E-state index in [0.717, 1.165) is 22.7 Å². The van der Waals surface area contributed by atoms with Crippen LogP contribution in [-0.4, -0.2) is 16.1 Å². The first-order valence-corrected chi connectivity index (χ1v) is 6.27. The van der Waals surface area contributed by atoms with Crippen molar-refractivity contribution >= 4 is 11.5 Å². The molecule has 1 aromatic heterocycles. The van der Waals surface area contributed by atoms with Crippen molar-refractivity contribution in [2.24, 2.45) is 0 Å². The molecule has 0 spiro atoms. The summed E-state index contributed by atoms with van der Waals surface area (Å²) in [4.78, 5) is 1.04. The third-order valence-electron chi connectivity index (χ3n) is 2.54. The highest BCUT2D eigenvalue weighted by molar-refractivity contribution is 7.05. The molecule has 5 heteroatoms. The first-order valence-electron chi connectivity index (χ1n) is 5.50. The first-order chi connectivity index (χ1) is 8.22. The smallest absolute Gasteiger partial charge is 0.123 e. The maximum atomic E-state index is 13.3. The number of aromatic nitrogens is 2. The molecular weight excluding hydrogens is 237 g/mol. The van der Waals surface area contributed by atoms with Crippen LogP contribution in [0.5, 0.6) is 0 Å². The second-order valence-electron chi connectivity index (χ2n) is 3.77. The summed E-state index contributed by atoms with van der Waals surface area (Å²) in [6.45, 7) is 4.75. The van der Waals surface area contributed by atoms with Gasteiger partial charge in [0.2, 0.25) is 0 Å². The third-order valence-corrected chi connectivity index (χ3v) is 3.43. The Morgan fingerprint density at radius 2 is 2.29 bits per heavy atom. The van der Waals surface area contributed by atoms with Crippen molar-refractivity contribution in [3.63, 3.8) is 0 Å². The summed E-state index contributed by atoms with van der Waals surface area (Å²) in [6.07, 6.45) is 0. The van der Waals surface area contributed by atoms with Crippen molar-refractivity contribution in [1.82, 2.24) is 14.9 Å². The molecule has 0 aliphatic carbocycles. The molecular formula is C12H14FN3S. The van der Waals surface area contributed by atoms with Crippen LogP contribution in [0.25, 0.3) is 0 Å². The van der Waals surface area contributed by atoms with E-state index in [4.69, 9.17) is 0 Å². The molecule has 0 saturated carbocycles. The summed E-state index contributed by atoms with van der Waals surface area (Å²) in [7, 11) is 0. The zero-order valence-corrected chi connectivity index (χ0v) is 10.6. The molecule has 0 aliphatic heterocycles. The molecule has 0 amide bonds. The van der Waals surface area contributed by atoms with Crippen LogP contribution in [0.1, 0.15) is 29.1 Å². The zero-order valence-electron chi connectivity index (χ0n) is 9.77. The van der Waals surface area contributed by atoms with Gasteiger partial charge in [-0.2, -0.15) is 0 Å². The Kier molecular flexibility index (Phi) is 3.81. The van der Waals surface area contributed by atoms with Gasteiger partial charge in [0.05, 0.1) is 16.6 Å². The Labute approximate surface area is 104 Å². The fourth-order valence-electron chi connectivity index (χ4n) is 1.75. The predicted octanol–water partition coefficient (Wildman–Crippen LogP) is 2.68. The van der Waals surface area contributed by atoms with E-state index in [2.05, 4.69) is 14.9 Å². The topological polar surface area (TPSA) is 37.8 Å². The molecule has 1 atom stereocenters. The minimum Gasteiger partial charge on any atom is -0.306 e. The number of hydrogen-bond donors (Lipinski definition) is 1. The van der Waals surface area contributed by atoms with Gasteiger partial charge in [-0.3, -0.25) is 0 Å². The summed E-state index contributed by atoms with van der Waals surface area (Å²) in [5.74, 6) is -0.222. The average molecular weight is 251 g/mol. The van der Waals surface area contributed by atoms with Crippen LogP contribution in [0.3, 0.4) is 0 Å². The number of hydrogen-bond acceptors (Lipinski definition) is 4. The minimum atomic E-state index is -0.222. The normalized spacial score (nSPS) is 12.6. The van der Waals surface area contributed by atoms with E-state index in [1.54, 1.807) is 12.1 Å². The zero-order chi connectivity index (χ0) is 12.3. The highest BCUT2D eigenvalue weighted by Gasteiger charge is 2.18. The van der Waals surface area contributed by atoms with E-state index in [-0.39, 0.29) is 11.9 Å². The predicted molar refractivity (Wildman–Crippen MR) is 66.6 cm³/mol. The second kappa shape index (κ2) is 5.33.